The van der Waals surface area contributed by atoms with Gasteiger partial charge in [0.25, 0.3) is 17.7 Å². The van der Waals surface area contributed by atoms with E-state index in [0.29, 0.717) is 28.6 Å². The van der Waals surface area contributed by atoms with E-state index in [9.17, 15) is 9.59 Å². The highest BCUT2D eigenvalue weighted by Crippen LogP contribution is 2.25. The number of nitrogens with one attached hydrogen (secondary N) is 1. The minimum atomic E-state index is -0.263. The molecule has 1 fully saturated rings. The summed E-state index contributed by atoms with van der Waals surface area (Å²) in [6.45, 7) is 1.36. The van der Waals surface area contributed by atoms with Crippen LogP contribution in [-0.4, -0.2) is 33.4 Å². The zero-order valence-corrected chi connectivity index (χ0v) is 16.9. The molecule has 0 bridgehead atoms. The molecule has 1 N–H and O–H groups in total. The lowest BCUT2D eigenvalue weighted by Gasteiger charge is -2.19. The average Bonchev–Trinajstić information content (AvgIpc) is 3.39. The number of nitrogens with zero attached hydrogens (tertiary/aromatic N) is 3. The van der Waals surface area contributed by atoms with Crippen LogP contribution in [0.4, 0.5) is 0 Å². The number of carbonyl (C=O) groups excluding carboxylic acids is 2. The summed E-state index contributed by atoms with van der Waals surface area (Å²) in [6.07, 6.45) is 3.34. The molecular weight excluding hydrogens is 396 g/mol. The zero-order chi connectivity index (χ0) is 21.2. The van der Waals surface area contributed by atoms with Gasteiger partial charge in [-0.05, 0) is 49.2 Å². The Labute approximate surface area is 179 Å². The number of rotatable bonds is 6. The Kier molecular flexibility index (Phi) is 5.21. The number of carbonyl (C=O) groups is 2. The van der Waals surface area contributed by atoms with E-state index in [1.54, 1.807) is 36.4 Å². The molecule has 2 aliphatic rings. The molecule has 8 heteroatoms. The maximum Gasteiger partial charge on any atom is 0.264 e. The largest absolute Gasteiger partial charge is 0.484 e. The standard InChI is InChI=1S/C23H22N4O4/c28-22-17-5-1-2-6-18(17)23(29)27(22)13-15-8-10-16(11-9-15)30-14-20-25-21(26-31-20)19-7-3-4-12-24-19/h1-2,5-6,8-11,19,24H,3-4,7,12-14H2/t19-/m0/s1. The summed E-state index contributed by atoms with van der Waals surface area (Å²) in [4.78, 5) is 30.7. The number of piperidine rings is 1. The van der Waals surface area contributed by atoms with Crippen molar-refractivity contribution >= 4 is 11.8 Å². The first-order valence-corrected chi connectivity index (χ1v) is 10.4. The smallest absolute Gasteiger partial charge is 0.264 e. The van der Waals surface area contributed by atoms with E-state index in [2.05, 4.69) is 15.5 Å². The van der Waals surface area contributed by atoms with Crippen molar-refractivity contribution in [2.45, 2.75) is 38.5 Å². The highest BCUT2D eigenvalue weighted by atomic mass is 16.5. The minimum absolute atomic E-state index is 0.146. The van der Waals surface area contributed by atoms with Gasteiger partial charge in [0.1, 0.15) is 5.75 Å². The molecule has 1 aromatic heterocycles. The van der Waals surface area contributed by atoms with Crippen molar-refractivity contribution in [3.63, 3.8) is 0 Å². The van der Waals surface area contributed by atoms with E-state index in [0.717, 1.165) is 24.9 Å². The fourth-order valence-electron chi connectivity index (χ4n) is 3.94. The Bertz CT molecular complexity index is 1070. The van der Waals surface area contributed by atoms with Gasteiger partial charge >= 0.3 is 0 Å². The maximum atomic E-state index is 12.5. The second-order valence-corrected chi connectivity index (χ2v) is 7.72. The molecule has 2 aliphatic heterocycles. The highest BCUT2D eigenvalue weighted by molar-refractivity contribution is 6.21. The van der Waals surface area contributed by atoms with E-state index < -0.39 is 0 Å². The van der Waals surface area contributed by atoms with E-state index in [1.807, 2.05) is 12.1 Å². The van der Waals surface area contributed by atoms with Gasteiger partial charge in [-0.1, -0.05) is 35.8 Å². The fourth-order valence-corrected chi connectivity index (χ4v) is 3.94. The van der Waals surface area contributed by atoms with Crippen molar-refractivity contribution in [1.29, 1.82) is 0 Å². The predicted octanol–water partition coefficient (Wildman–Crippen LogP) is 3.26. The first-order chi connectivity index (χ1) is 15.2. The van der Waals surface area contributed by atoms with Gasteiger partial charge in [0.2, 0.25) is 0 Å². The van der Waals surface area contributed by atoms with Gasteiger partial charge < -0.3 is 14.6 Å². The van der Waals surface area contributed by atoms with E-state index in [-0.39, 0.29) is 31.0 Å². The quantitative estimate of drug-likeness (QED) is 0.614. The van der Waals surface area contributed by atoms with Crippen molar-refractivity contribution in [3.05, 3.63) is 76.9 Å². The molecule has 5 rings (SSSR count). The monoisotopic (exact) mass is 418 g/mol. The Balaban J connectivity index is 1.18. The van der Waals surface area contributed by atoms with Gasteiger partial charge in [-0.25, -0.2) is 0 Å². The Morgan fingerprint density at radius 2 is 1.77 bits per heavy atom. The van der Waals surface area contributed by atoms with Gasteiger partial charge in [0, 0.05) is 0 Å². The molecule has 0 spiro atoms. The number of aromatic nitrogens is 2. The fraction of sp³-hybridized carbons (Fsp3) is 0.304. The minimum Gasteiger partial charge on any atom is -0.484 e. The Morgan fingerprint density at radius 3 is 2.45 bits per heavy atom. The molecule has 1 atom stereocenters. The molecular formula is C23H22N4O4. The van der Waals surface area contributed by atoms with Crippen LogP contribution in [-0.2, 0) is 13.2 Å². The molecule has 2 amide bonds. The molecule has 158 valence electrons. The molecule has 2 aromatic carbocycles. The van der Waals surface area contributed by atoms with Crippen LogP contribution in [0.5, 0.6) is 5.75 Å². The SMILES string of the molecule is O=C1c2ccccc2C(=O)N1Cc1ccc(OCc2nc([C@@H]3CCCCN3)no2)cc1. The van der Waals surface area contributed by atoms with Crippen molar-refractivity contribution < 1.29 is 18.8 Å². The molecule has 31 heavy (non-hydrogen) atoms. The van der Waals surface area contributed by atoms with Crippen LogP contribution in [0, 0.1) is 0 Å². The van der Waals surface area contributed by atoms with E-state index in [4.69, 9.17) is 9.26 Å². The second kappa shape index (κ2) is 8.31. The normalized spacial score (nSPS) is 18.3. The lowest BCUT2D eigenvalue weighted by molar-refractivity contribution is 0.0642. The summed E-state index contributed by atoms with van der Waals surface area (Å²) in [5, 5.41) is 7.45. The van der Waals surface area contributed by atoms with Gasteiger partial charge in [-0.3, -0.25) is 14.5 Å². The number of hydrogen-bond donors (Lipinski definition) is 1. The molecule has 3 aromatic rings. The van der Waals surface area contributed by atoms with Crippen LogP contribution in [0.1, 0.15) is 63.3 Å². The number of fused-ring (bicyclic) bond motifs is 1. The van der Waals surface area contributed by atoms with Gasteiger partial charge in [-0.2, -0.15) is 4.98 Å². The van der Waals surface area contributed by atoms with E-state index >= 15 is 0 Å². The molecule has 0 aliphatic carbocycles. The van der Waals surface area contributed by atoms with Crippen molar-refractivity contribution in [2.24, 2.45) is 0 Å². The van der Waals surface area contributed by atoms with Gasteiger partial charge in [0.15, 0.2) is 12.4 Å². The molecule has 8 nitrogen and oxygen atoms in total. The van der Waals surface area contributed by atoms with Crippen molar-refractivity contribution in [3.8, 4) is 5.75 Å². The van der Waals surface area contributed by atoms with Crippen LogP contribution < -0.4 is 10.1 Å². The third-order valence-electron chi connectivity index (χ3n) is 5.61. The van der Waals surface area contributed by atoms with Gasteiger partial charge in [0.05, 0.1) is 23.7 Å². The van der Waals surface area contributed by atoms with E-state index in [1.165, 1.54) is 11.3 Å². The third-order valence-corrected chi connectivity index (χ3v) is 5.61. The van der Waals surface area contributed by atoms with Crippen LogP contribution in [0.2, 0.25) is 0 Å². The van der Waals surface area contributed by atoms with Crippen LogP contribution >= 0.6 is 0 Å². The Hall–Kier alpha value is -3.52. The zero-order valence-electron chi connectivity index (χ0n) is 16.9. The van der Waals surface area contributed by atoms with Gasteiger partial charge in [-0.15, -0.1) is 0 Å². The first kappa shape index (κ1) is 19.4. The molecule has 0 unspecified atom stereocenters. The molecule has 3 heterocycles. The number of ether oxygens (including phenoxy) is 1. The first-order valence-electron chi connectivity index (χ1n) is 10.4. The molecule has 1 saturated heterocycles. The lowest BCUT2D eigenvalue weighted by atomic mass is 10.0. The summed E-state index contributed by atoms with van der Waals surface area (Å²) in [5.74, 6) is 1.22. The molecule has 0 saturated carbocycles. The maximum absolute atomic E-state index is 12.5. The summed E-state index contributed by atoms with van der Waals surface area (Å²) in [5.41, 5.74) is 1.75. The van der Waals surface area contributed by atoms with Crippen LogP contribution in [0.3, 0.4) is 0 Å². The average molecular weight is 418 g/mol. The highest BCUT2D eigenvalue weighted by Gasteiger charge is 2.34. The predicted molar refractivity (Wildman–Crippen MR) is 110 cm³/mol. The van der Waals surface area contributed by atoms with Crippen LogP contribution in [0.25, 0.3) is 0 Å². The van der Waals surface area contributed by atoms with Crippen molar-refractivity contribution in [1.82, 2.24) is 20.4 Å². The summed E-state index contributed by atoms with van der Waals surface area (Å²) < 4.78 is 11.0. The Morgan fingerprint density at radius 1 is 1.03 bits per heavy atom. The number of imide groups is 1. The summed E-state index contributed by atoms with van der Waals surface area (Å²) >= 11 is 0. The second-order valence-electron chi connectivity index (χ2n) is 7.72. The number of benzene rings is 2. The number of amides is 2. The summed E-state index contributed by atoms with van der Waals surface area (Å²) in [6, 6.07) is 14.3. The lowest BCUT2D eigenvalue weighted by Crippen LogP contribution is -2.29. The summed E-state index contributed by atoms with van der Waals surface area (Å²) in [7, 11) is 0. The van der Waals surface area contributed by atoms with Crippen molar-refractivity contribution in [2.75, 3.05) is 6.54 Å². The number of hydrogen-bond acceptors (Lipinski definition) is 7. The topological polar surface area (TPSA) is 97.6 Å². The third kappa shape index (κ3) is 3.94. The van der Waals surface area contributed by atoms with Crippen LogP contribution in [0.15, 0.2) is 53.1 Å². The molecule has 0 radical (unpaired) electrons.